The van der Waals surface area contributed by atoms with Gasteiger partial charge in [0.1, 0.15) is 5.75 Å². The molecule has 1 aromatic heterocycles. The highest BCUT2D eigenvalue weighted by atomic mass is 16.6. The molecule has 0 spiro atoms. The molecule has 6 heteroatoms. The number of aromatic nitrogens is 2. The highest BCUT2D eigenvalue weighted by Gasteiger charge is 2.20. The molecule has 1 heterocycles. The Morgan fingerprint density at radius 3 is 2.31 bits per heavy atom. The maximum atomic E-state index is 12.3. The zero-order chi connectivity index (χ0) is 18.5. The molecule has 0 N–H and O–H groups in total. The van der Waals surface area contributed by atoms with E-state index in [2.05, 4.69) is 10.2 Å². The number of carbonyl (C=O) groups is 1. The Hall–Kier alpha value is -3.15. The Bertz CT molecular complexity index is 857. The van der Waals surface area contributed by atoms with E-state index in [1.165, 1.54) is 0 Å². The van der Waals surface area contributed by atoms with Crippen LogP contribution in [0.5, 0.6) is 5.75 Å². The molecule has 0 saturated carbocycles. The molecule has 0 saturated heterocycles. The standard InChI is InChI=1S/C20H20N2O4/c1-13(2)24-17-11-9-16(10-12-17)20(23)25-14(3)18-21-22-19(26-18)15-7-5-4-6-8-15/h4-14H,1-3H3/t14-/m0/s1. The molecular formula is C20H20N2O4. The van der Waals surface area contributed by atoms with Gasteiger partial charge in [0.25, 0.3) is 5.89 Å². The van der Waals surface area contributed by atoms with E-state index < -0.39 is 12.1 Å². The smallest absolute Gasteiger partial charge is 0.338 e. The van der Waals surface area contributed by atoms with Gasteiger partial charge in [0.15, 0.2) is 6.10 Å². The van der Waals surface area contributed by atoms with Crippen molar-refractivity contribution >= 4 is 5.97 Å². The van der Waals surface area contributed by atoms with Crippen LogP contribution < -0.4 is 4.74 Å². The van der Waals surface area contributed by atoms with E-state index in [0.29, 0.717) is 17.2 Å². The molecule has 0 bridgehead atoms. The Balaban J connectivity index is 1.65. The molecule has 0 unspecified atom stereocenters. The van der Waals surface area contributed by atoms with Crippen LogP contribution in [-0.4, -0.2) is 22.3 Å². The minimum atomic E-state index is -0.654. The van der Waals surface area contributed by atoms with Crippen LogP contribution in [0.4, 0.5) is 0 Å². The first-order chi connectivity index (χ1) is 12.5. The van der Waals surface area contributed by atoms with Gasteiger partial charge < -0.3 is 13.9 Å². The van der Waals surface area contributed by atoms with Gasteiger partial charge in [-0.2, -0.15) is 0 Å². The largest absolute Gasteiger partial charge is 0.491 e. The first-order valence-corrected chi connectivity index (χ1v) is 8.39. The van der Waals surface area contributed by atoms with Crippen LogP contribution in [-0.2, 0) is 4.74 Å². The fourth-order valence-electron chi connectivity index (χ4n) is 2.32. The quantitative estimate of drug-likeness (QED) is 0.611. The van der Waals surface area contributed by atoms with Crippen LogP contribution in [0.25, 0.3) is 11.5 Å². The van der Waals surface area contributed by atoms with E-state index in [4.69, 9.17) is 13.9 Å². The van der Waals surface area contributed by atoms with Crippen LogP contribution in [0.3, 0.4) is 0 Å². The first kappa shape index (κ1) is 17.7. The highest BCUT2D eigenvalue weighted by molar-refractivity contribution is 5.89. The third-order valence-corrected chi connectivity index (χ3v) is 3.55. The number of benzene rings is 2. The van der Waals surface area contributed by atoms with Crippen molar-refractivity contribution in [2.45, 2.75) is 33.0 Å². The van der Waals surface area contributed by atoms with E-state index >= 15 is 0 Å². The predicted octanol–water partition coefficient (Wildman–Crippen LogP) is 4.44. The van der Waals surface area contributed by atoms with Gasteiger partial charge in [0, 0.05) is 5.56 Å². The summed E-state index contributed by atoms with van der Waals surface area (Å²) in [5.74, 6) is 0.873. The monoisotopic (exact) mass is 352 g/mol. The lowest BCUT2D eigenvalue weighted by Crippen LogP contribution is -2.10. The zero-order valence-corrected chi connectivity index (χ0v) is 14.9. The molecule has 3 aromatic rings. The molecule has 0 fully saturated rings. The second-order valence-corrected chi connectivity index (χ2v) is 6.05. The molecule has 0 amide bonds. The summed E-state index contributed by atoms with van der Waals surface area (Å²) in [5.41, 5.74) is 1.24. The number of nitrogens with zero attached hydrogens (tertiary/aromatic N) is 2. The zero-order valence-electron chi connectivity index (χ0n) is 14.9. The summed E-state index contributed by atoms with van der Waals surface area (Å²) < 4.78 is 16.6. The summed E-state index contributed by atoms with van der Waals surface area (Å²) in [7, 11) is 0. The topological polar surface area (TPSA) is 74.5 Å². The third-order valence-electron chi connectivity index (χ3n) is 3.55. The van der Waals surface area contributed by atoms with Gasteiger partial charge in [0.05, 0.1) is 11.7 Å². The molecule has 3 rings (SSSR count). The lowest BCUT2D eigenvalue weighted by molar-refractivity contribution is 0.0280. The van der Waals surface area contributed by atoms with Crippen LogP contribution in [0.2, 0.25) is 0 Å². The van der Waals surface area contributed by atoms with Crippen molar-refractivity contribution in [3.63, 3.8) is 0 Å². The van der Waals surface area contributed by atoms with E-state index in [9.17, 15) is 4.79 Å². The van der Waals surface area contributed by atoms with Gasteiger partial charge in [-0.3, -0.25) is 0 Å². The lowest BCUT2D eigenvalue weighted by Gasteiger charge is -2.11. The average Bonchev–Trinajstić information content (AvgIpc) is 3.13. The Labute approximate surface area is 151 Å². The average molecular weight is 352 g/mol. The first-order valence-electron chi connectivity index (χ1n) is 8.39. The van der Waals surface area contributed by atoms with Crippen LogP contribution in [0.1, 0.15) is 43.1 Å². The highest BCUT2D eigenvalue weighted by Crippen LogP contribution is 2.23. The molecule has 26 heavy (non-hydrogen) atoms. The summed E-state index contributed by atoms with van der Waals surface area (Å²) in [6.45, 7) is 5.58. The summed E-state index contributed by atoms with van der Waals surface area (Å²) >= 11 is 0. The number of carbonyl (C=O) groups excluding carboxylic acids is 1. The number of hydrogen-bond acceptors (Lipinski definition) is 6. The van der Waals surface area contributed by atoms with Crippen molar-refractivity contribution in [2.24, 2.45) is 0 Å². The maximum absolute atomic E-state index is 12.3. The van der Waals surface area contributed by atoms with Gasteiger partial charge in [-0.1, -0.05) is 18.2 Å². The second kappa shape index (κ2) is 7.82. The summed E-state index contributed by atoms with van der Waals surface area (Å²) in [6.07, 6.45) is -0.580. The maximum Gasteiger partial charge on any atom is 0.338 e. The molecule has 0 aliphatic carbocycles. The molecule has 0 radical (unpaired) electrons. The van der Waals surface area contributed by atoms with E-state index in [1.54, 1.807) is 31.2 Å². The van der Waals surface area contributed by atoms with Crippen molar-refractivity contribution in [3.8, 4) is 17.2 Å². The predicted molar refractivity (Wildman–Crippen MR) is 95.8 cm³/mol. The fourth-order valence-corrected chi connectivity index (χ4v) is 2.32. The van der Waals surface area contributed by atoms with Crippen LogP contribution >= 0.6 is 0 Å². The fraction of sp³-hybridized carbons (Fsp3) is 0.250. The van der Waals surface area contributed by atoms with Crippen molar-refractivity contribution in [1.29, 1.82) is 0 Å². The third kappa shape index (κ3) is 4.27. The second-order valence-electron chi connectivity index (χ2n) is 6.05. The Kier molecular flexibility index (Phi) is 5.31. The van der Waals surface area contributed by atoms with Gasteiger partial charge in [-0.25, -0.2) is 4.79 Å². The molecule has 6 nitrogen and oxygen atoms in total. The number of hydrogen-bond donors (Lipinski definition) is 0. The minimum Gasteiger partial charge on any atom is -0.491 e. The summed E-state index contributed by atoms with van der Waals surface area (Å²) in [4.78, 5) is 12.3. The van der Waals surface area contributed by atoms with Gasteiger partial charge in [0.2, 0.25) is 5.89 Å². The molecule has 1 atom stereocenters. The van der Waals surface area contributed by atoms with Gasteiger partial charge in [-0.15, -0.1) is 10.2 Å². The van der Waals surface area contributed by atoms with Crippen LogP contribution in [0.15, 0.2) is 59.0 Å². The van der Waals surface area contributed by atoms with Gasteiger partial charge in [-0.05, 0) is 57.2 Å². The lowest BCUT2D eigenvalue weighted by atomic mass is 10.2. The Morgan fingerprint density at radius 2 is 1.65 bits per heavy atom. The number of esters is 1. The Morgan fingerprint density at radius 1 is 0.962 bits per heavy atom. The number of rotatable bonds is 6. The molecule has 134 valence electrons. The normalized spacial score (nSPS) is 12.0. The summed E-state index contributed by atoms with van der Waals surface area (Å²) in [5, 5.41) is 7.97. The van der Waals surface area contributed by atoms with E-state index in [0.717, 1.165) is 5.56 Å². The van der Waals surface area contributed by atoms with Crippen molar-refractivity contribution in [2.75, 3.05) is 0 Å². The molecule has 0 aliphatic heterocycles. The SMILES string of the molecule is CC(C)Oc1ccc(C(=O)O[C@@H](C)c2nnc(-c3ccccc3)o2)cc1. The molecular weight excluding hydrogens is 332 g/mol. The minimum absolute atomic E-state index is 0.0733. The summed E-state index contributed by atoms with van der Waals surface area (Å²) in [6, 6.07) is 16.2. The molecule has 0 aliphatic rings. The van der Waals surface area contributed by atoms with Crippen LogP contribution in [0, 0.1) is 0 Å². The van der Waals surface area contributed by atoms with E-state index in [-0.39, 0.29) is 12.0 Å². The van der Waals surface area contributed by atoms with Crippen molar-refractivity contribution < 1.29 is 18.7 Å². The van der Waals surface area contributed by atoms with E-state index in [1.807, 2.05) is 44.2 Å². The number of ether oxygens (including phenoxy) is 2. The van der Waals surface area contributed by atoms with Crippen molar-refractivity contribution in [3.05, 3.63) is 66.1 Å². The van der Waals surface area contributed by atoms with Gasteiger partial charge >= 0.3 is 5.97 Å². The molecule has 2 aromatic carbocycles. The van der Waals surface area contributed by atoms with Crippen molar-refractivity contribution in [1.82, 2.24) is 10.2 Å².